The molecule has 0 radical (unpaired) electrons. The molecule has 23 heavy (non-hydrogen) atoms. The Morgan fingerprint density at radius 1 is 1.17 bits per heavy atom. The van der Waals surface area contributed by atoms with E-state index in [0.29, 0.717) is 18.7 Å². The van der Waals surface area contributed by atoms with Crippen molar-refractivity contribution in [3.8, 4) is 0 Å². The molecule has 6 nitrogen and oxygen atoms in total. The topological polar surface area (TPSA) is 88.2 Å². The number of nitrogens with one attached hydrogen (secondary N) is 2. The summed E-state index contributed by atoms with van der Waals surface area (Å²) in [7, 11) is -2.06. The van der Waals surface area contributed by atoms with Gasteiger partial charge in [-0.15, -0.1) is 0 Å². The fourth-order valence-electron chi connectivity index (χ4n) is 2.02. The zero-order valence-corrected chi connectivity index (χ0v) is 13.9. The van der Waals surface area contributed by atoms with Crippen molar-refractivity contribution in [2.24, 2.45) is 0 Å². The van der Waals surface area contributed by atoms with Crippen LogP contribution in [0.3, 0.4) is 0 Å². The summed E-state index contributed by atoms with van der Waals surface area (Å²) in [5.41, 5.74) is 1.80. The van der Waals surface area contributed by atoms with Crippen molar-refractivity contribution in [3.63, 3.8) is 0 Å². The highest BCUT2D eigenvalue weighted by Crippen LogP contribution is 2.13. The number of anilines is 1. The van der Waals surface area contributed by atoms with E-state index < -0.39 is 10.0 Å². The SMILES string of the molecule is CNS(=O)(=O)c1ccc(CCC(=O)Nc2ncccc2C)cc1. The van der Waals surface area contributed by atoms with E-state index in [9.17, 15) is 13.2 Å². The van der Waals surface area contributed by atoms with Crippen LogP contribution in [-0.2, 0) is 21.2 Å². The quantitative estimate of drug-likeness (QED) is 0.845. The van der Waals surface area contributed by atoms with Gasteiger partial charge in [0.25, 0.3) is 0 Å². The highest BCUT2D eigenvalue weighted by Gasteiger charge is 2.11. The van der Waals surface area contributed by atoms with Crippen molar-refractivity contribution >= 4 is 21.7 Å². The van der Waals surface area contributed by atoms with E-state index in [1.54, 1.807) is 18.3 Å². The Balaban J connectivity index is 1.93. The second-order valence-electron chi connectivity index (χ2n) is 5.07. The minimum atomic E-state index is -3.43. The van der Waals surface area contributed by atoms with Crippen molar-refractivity contribution in [3.05, 3.63) is 53.7 Å². The van der Waals surface area contributed by atoms with Gasteiger partial charge in [0.15, 0.2) is 0 Å². The minimum Gasteiger partial charge on any atom is -0.310 e. The second kappa shape index (κ2) is 7.34. The maximum absolute atomic E-state index is 12.0. The molecule has 2 aromatic rings. The highest BCUT2D eigenvalue weighted by molar-refractivity contribution is 7.89. The standard InChI is InChI=1S/C16H19N3O3S/c1-12-4-3-11-18-16(12)19-15(20)10-7-13-5-8-14(9-6-13)23(21,22)17-2/h3-6,8-9,11,17H,7,10H2,1-2H3,(H,18,19,20). The summed E-state index contributed by atoms with van der Waals surface area (Å²) >= 11 is 0. The molecule has 0 fully saturated rings. The summed E-state index contributed by atoms with van der Waals surface area (Å²) in [6, 6.07) is 10.2. The predicted molar refractivity (Wildman–Crippen MR) is 88.6 cm³/mol. The van der Waals surface area contributed by atoms with Crippen LogP contribution in [-0.4, -0.2) is 26.4 Å². The Morgan fingerprint density at radius 3 is 2.48 bits per heavy atom. The van der Waals surface area contributed by atoms with Crippen LogP contribution in [0.5, 0.6) is 0 Å². The van der Waals surface area contributed by atoms with Crippen LogP contribution in [0.15, 0.2) is 47.5 Å². The van der Waals surface area contributed by atoms with Crippen molar-refractivity contribution in [1.29, 1.82) is 0 Å². The number of amides is 1. The first-order chi connectivity index (χ1) is 10.9. The Labute approximate surface area is 136 Å². The molecule has 0 saturated carbocycles. The van der Waals surface area contributed by atoms with Gasteiger partial charge in [-0.25, -0.2) is 18.1 Å². The molecule has 0 aliphatic rings. The monoisotopic (exact) mass is 333 g/mol. The van der Waals surface area contributed by atoms with E-state index in [2.05, 4.69) is 15.0 Å². The van der Waals surface area contributed by atoms with Gasteiger partial charge in [-0.2, -0.15) is 0 Å². The third-order valence-corrected chi connectivity index (χ3v) is 4.84. The van der Waals surface area contributed by atoms with E-state index >= 15 is 0 Å². The van der Waals surface area contributed by atoms with Crippen LogP contribution in [0.4, 0.5) is 5.82 Å². The van der Waals surface area contributed by atoms with Crippen LogP contribution < -0.4 is 10.0 Å². The van der Waals surface area contributed by atoms with Gasteiger partial charge in [0.05, 0.1) is 4.90 Å². The molecule has 122 valence electrons. The van der Waals surface area contributed by atoms with Crippen molar-refractivity contribution in [2.75, 3.05) is 12.4 Å². The molecule has 0 atom stereocenters. The molecule has 0 unspecified atom stereocenters. The number of rotatable bonds is 6. The molecule has 0 saturated heterocycles. The molecule has 0 spiro atoms. The summed E-state index contributed by atoms with van der Waals surface area (Å²) in [4.78, 5) is 16.3. The first-order valence-electron chi connectivity index (χ1n) is 7.16. The maximum Gasteiger partial charge on any atom is 0.240 e. The number of benzene rings is 1. The Morgan fingerprint density at radius 2 is 1.87 bits per heavy atom. The predicted octanol–water partition coefficient (Wildman–Crippen LogP) is 1.87. The molecular weight excluding hydrogens is 314 g/mol. The molecular formula is C16H19N3O3S. The number of sulfonamides is 1. The van der Waals surface area contributed by atoms with Gasteiger partial charge in [0.2, 0.25) is 15.9 Å². The number of aromatic nitrogens is 1. The van der Waals surface area contributed by atoms with Gasteiger partial charge in [0, 0.05) is 12.6 Å². The summed E-state index contributed by atoms with van der Waals surface area (Å²) in [5, 5.41) is 2.77. The summed E-state index contributed by atoms with van der Waals surface area (Å²) in [5.74, 6) is 0.437. The maximum atomic E-state index is 12.0. The zero-order chi connectivity index (χ0) is 16.9. The molecule has 1 heterocycles. The van der Waals surface area contributed by atoms with Gasteiger partial charge in [-0.05, 0) is 49.7 Å². The third-order valence-electron chi connectivity index (χ3n) is 3.41. The first kappa shape index (κ1) is 17.1. The summed E-state index contributed by atoms with van der Waals surface area (Å²) < 4.78 is 25.5. The fraction of sp³-hybridized carbons (Fsp3) is 0.250. The lowest BCUT2D eigenvalue weighted by atomic mass is 10.1. The van der Waals surface area contributed by atoms with Crippen LogP contribution in [0.25, 0.3) is 0 Å². The minimum absolute atomic E-state index is 0.126. The van der Waals surface area contributed by atoms with Crippen LogP contribution in [0.2, 0.25) is 0 Å². The number of nitrogens with zero attached hydrogens (tertiary/aromatic N) is 1. The van der Waals surface area contributed by atoms with Gasteiger partial charge in [-0.1, -0.05) is 18.2 Å². The zero-order valence-electron chi connectivity index (χ0n) is 13.0. The van der Waals surface area contributed by atoms with E-state index in [1.165, 1.54) is 19.2 Å². The number of carbonyl (C=O) groups is 1. The summed E-state index contributed by atoms with van der Waals surface area (Å²) in [6.07, 6.45) is 2.45. The number of aryl methyl sites for hydroxylation is 2. The smallest absolute Gasteiger partial charge is 0.240 e. The normalized spacial score (nSPS) is 11.2. The number of carbonyl (C=O) groups excluding carboxylic acids is 1. The third kappa shape index (κ3) is 4.61. The molecule has 2 rings (SSSR count). The molecule has 1 aromatic carbocycles. The van der Waals surface area contributed by atoms with E-state index in [-0.39, 0.29) is 10.8 Å². The van der Waals surface area contributed by atoms with Crippen LogP contribution in [0.1, 0.15) is 17.5 Å². The number of hydrogen-bond donors (Lipinski definition) is 2. The first-order valence-corrected chi connectivity index (χ1v) is 8.64. The molecule has 1 amide bonds. The lowest BCUT2D eigenvalue weighted by Crippen LogP contribution is -2.18. The molecule has 1 aromatic heterocycles. The Hall–Kier alpha value is -2.25. The van der Waals surface area contributed by atoms with E-state index in [4.69, 9.17) is 0 Å². The average molecular weight is 333 g/mol. The molecule has 7 heteroatoms. The van der Waals surface area contributed by atoms with Crippen LogP contribution >= 0.6 is 0 Å². The lowest BCUT2D eigenvalue weighted by Gasteiger charge is -2.07. The molecule has 0 bridgehead atoms. The van der Waals surface area contributed by atoms with Crippen molar-refractivity contribution < 1.29 is 13.2 Å². The second-order valence-corrected chi connectivity index (χ2v) is 6.96. The largest absolute Gasteiger partial charge is 0.310 e. The number of hydrogen-bond acceptors (Lipinski definition) is 4. The molecule has 2 N–H and O–H groups in total. The summed E-state index contributed by atoms with van der Waals surface area (Å²) in [6.45, 7) is 1.88. The van der Waals surface area contributed by atoms with E-state index in [0.717, 1.165) is 11.1 Å². The fourth-order valence-corrected chi connectivity index (χ4v) is 2.75. The molecule has 0 aliphatic heterocycles. The number of pyridine rings is 1. The Kier molecular flexibility index (Phi) is 5.46. The van der Waals surface area contributed by atoms with Crippen molar-refractivity contribution in [1.82, 2.24) is 9.71 Å². The van der Waals surface area contributed by atoms with Gasteiger partial charge in [-0.3, -0.25) is 4.79 Å². The van der Waals surface area contributed by atoms with Crippen molar-refractivity contribution in [2.45, 2.75) is 24.7 Å². The highest BCUT2D eigenvalue weighted by atomic mass is 32.2. The van der Waals surface area contributed by atoms with E-state index in [1.807, 2.05) is 19.1 Å². The van der Waals surface area contributed by atoms with Gasteiger partial charge in [0.1, 0.15) is 5.82 Å². The van der Waals surface area contributed by atoms with Gasteiger partial charge >= 0.3 is 0 Å². The molecule has 0 aliphatic carbocycles. The average Bonchev–Trinajstić information content (AvgIpc) is 2.55. The Bertz CT molecular complexity index is 786. The lowest BCUT2D eigenvalue weighted by molar-refractivity contribution is -0.116. The van der Waals surface area contributed by atoms with Gasteiger partial charge < -0.3 is 5.32 Å². The van der Waals surface area contributed by atoms with Crippen LogP contribution in [0, 0.1) is 6.92 Å².